The zero-order valence-corrected chi connectivity index (χ0v) is 13.1. The molecule has 1 aliphatic heterocycles. The highest BCUT2D eigenvalue weighted by Crippen LogP contribution is 2.16. The first-order chi connectivity index (χ1) is 9.08. The van der Waals surface area contributed by atoms with Crippen molar-refractivity contribution < 1.29 is 9.53 Å². The Labute approximate surface area is 126 Å². The number of nitrogens with zero attached hydrogens (tertiary/aromatic N) is 1. The van der Waals surface area contributed by atoms with Gasteiger partial charge in [0.15, 0.2) is 6.61 Å². The van der Waals surface area contributed by atoms with Crippen LogP contribution in [0.1, 0.15) is 17.5 Å². The summed E-state index contributed by atoms with van der Waals surface area (Å²) in [5.74, 6) is 0.793. The minimum atomic E-state index is 0. The maximum atomic E-state index is 12.0. The molecule has 1 saturated heterocycles. The molecule has 1 amide bonds. The van der Waals surface area contributed by atoms with Crippen molar-refractivity contribution in [3.05, 3.63) is 29.3 Å². The van der Waals surface area contributed by atoms with E-state index in [2.05, 4.69) is 12.2 Å². The Morgan fingerprint density at radius 3 is 2.75 bits per heavy atom. The molecule has 1 atom stereocenters. The van der Waals surface area contributed by atoms with E-state index in [4.69, 9.17) is 4.74 Å². The summed E-state index contributed by atoms with van der Waals surface area (Å²) in [6.07, 6.45) is 1.02. The maximum Gasteiger partial charge on any atom is 0.260 e. The van der Waals surface area contributed by atoms with Crippen LogP contribution in [0.5, 0.6) is 5.75 Å². The summed E-state index contributed by atoms with van der Waals surface area (Å²) in [7, 11) is 1.85. The van der Waals surface area contributed by atoms with Gasteiger partial charge in [-0.15, -0.1) is 12.4 Å². The van der Waals surface area contributed by atoms with Gasteiger partial charge in [-0.1, -0.05) is 6.07 Å². The van der Waals surface area contributed by atoms with E-state index in [1.54, 1.807) is 4.90 Å². The average molecular weight is 299 g/mol. The Morgan fingerprint density at radius 1 is 1.40 bits per heavy atom. The molecule has 4 nitrogen and oxygen atoms in total. The Balaban J connectivity index is 0.00000200. The van der Waals surface area contributed by atoms with Gasteiger partial charge in [0, 0.05) is 19.6 Å². The number of hydrogen-bond donors (Lipinski definition) is 1. The molecule has 112 valence electrons. The van der Waals surface area contributed by atoms with Crippen LogP contribution in [0.2, 0.25) is 0 Å². The lowest BCUT2D eigenvalue weighted by Crippen LogP contribution is -2.40. The number of benzene rings is 1. The van der Waals surface area contributed by atoms with E-state index in [1.165, 1.54) is 11.1 Å². The van der Waals surface area contributed by atoms with Crippen molar-refractivity contribution in [2.24, 2.45) is 0 Å². The highest BCUT2D eigenvalue weighted by Gasteiger charge is 2.23. The van der Waals surface area contributed by atoms with Crippen molar-refractivity contribution in [2.45, 2.75) is 26.3 Å². The minimum Gasteiger partial charge on any atom is -0.484 e. The largest absolute Gasteiger partial charge is 0.484 e. The van der Waals surface area contributed by atoms with E-state index in [9.17, 15) is 4.79 Å². The number of hydrogen-bond acceptors (Lipinski definition) is 3. The van der Waals surface area contributed by atoms with Gasteiger partial charge >= 0.3 is 0 Å². The van der Waals surface area contributed by atoms with E-state index in [1.807, 2.05) is 32.2 Å². The predicted molar refractivity (Wildman–Crippen MR) is 82.7 cm³/mol. The van der Waals surface area contributed by atoms with E-state index in [0.717, 1.165) is 25.3 Å². The van der Waals surface area contributed by atoms with Crippen LogP contribution >= 0.6 is 12.4 Å². The molecule has 1 aromatic carbocycles. The number of aryl methyl sites for hydroxylation is 2. The molecular weight excluding hydrogens is 276 g/mol. The van der Waals surface area contributed by atoms with Crippen LogP contribution in [-0.2, 0) is 4.79 Å². The number of amides is 1. The first kappa shape index (κ1) is 16.8. The van der Waals surface area contributed by atoms with Gasteiger partial charge in [-0.2, -0.15) is 0 Å². The van der Waals surface area contributed by atoms with E-state index < -0.39 is 0 Å². The second-order valence-corrected chi connectivity index (χ2v) is 5.19. The smallest absolute Gasteiger partial charge is 0.260 e. The van der Waals surface area contributed by atoms with Crippen molar-refractivity contribution in [2.75, 3.05) is 26.7 Å². The van der Waals surface area contributed by atoms with Gasteiger partial charge in [-0.3, -0.25) is 4.79 Å². The minimum absolute atomic E-state index is 0. The van der Waals surface area contributed by atoms with Crippen molar-refractivity contribution in [1.82, 2.24) is 10.2 Å². The van der Waals surface area contributed by atoms with Crippen LogP contribution in [-0.4, -0.2) is 43.6 Å². The summed E-state index contributed by atoms with van der Waals surface area (Å²) < 4.78 is 5.57. The van der Waals surface area contributed by atoms with Crippen LogP contribution in [0.25, 0.3) is 0 Å². The third-order valence-corrected chi connectivity index (χ3v) is 3.82. The molecule has 1 aromatic rings. The van der Waals surface area contributed by atoms with Crippen molar-refractivity contribution in [3.8, 4) is 5.75 Å². The summed E-state index contributed by atoms with van der Waals surface area (Å²) in [5.41, 5.74) is 2.41. The highest BCUT2D eigenvalue weighted by molar-refractivity contribution is 5.85. The molecule has 1 unspecified atom stereocenters. The maximum absolute atomic E-state index is 12.0. The van der Waals surface area contributed by atoms with Gasteiger partial charge < -0.3 is 15.0 Å². The monoisotopic (exact) mass is 298 g/mol. The number of carbonyl (C=O) groups is 1. The zero-order chi connectivity index (χ0) is 13.8. The first-order valence-corrected chi connectivity index (χ1v) is 6.74. The molecule has 1 aliphatic rings. The summed E-state index contributed by atoms with van der Waals surface area (Å²) in [6, 6.07) is 6.20. The Morgan fingerprint density at radius 2 is 2.15 bits per heavy atom. The number of rotatable bonds is 4. The molecule has 1 heterocycles. The molecule has 2 rings (SSSR count). The number of likely N-dealkylation sites (N-methyl/N-ethyl adjacent to an activating group) is 1. The summed E-state index contributed by atoms with van der Waals surface area (Å²) in [6.45, 7) is 6.08. The molecule has 0 radical (unpaired) electrons. The molecule has 0 bridgehead atoms. The van der Waals surface area contributed by atoms with E-state index in [0.29, 0.717) is 6.04 Å². The zero-order valence-electron chi connectivity index (χ0n) is 12.3. The van der Waals surface area contributed by atoms with Crippen LogP contribution in [0.4, 0.5) is 0 Å². The molecule has 0 aliphatic carbocycles. The van der Waals surface area contributed by atoms with E-state index in [-0.39, 0.29) is 24.9 Å². The van der Waals surface area contributed by atoms with Gasteiger partial charge in [0.2, 0.25) is 0 Å². The second kappa shape index (κ2) is 7.50. The quantitative estimate of drug-likeness (QED) is 0.923. The molecule has 0 saturated carbocycles. The predicted octanol–water partition coefficient (Wildman–Crippen LogP) is 1.92. The van der Waals surface area contributed by atoms with Gasteiger partial charge in [0.25, 0.3) is 5.91 Å². The fourth-order valence-electron chi connectivity index (χ4n) is 2.22. The molecule has 0 aromatic heterocycles. The summed E-state index contributed by atoms with van der Waals surface area (Å²) in [5, 5.41) is 3.26. The molecular formula is C15H23ClN2O2. The van der Waals surface area contributed by atoms with Crippen molar-refractivity contribution >= 4 is 18.3 Å². The molecule has 0 spiro atoms. The standard InChI is InChI=1S/C15H22N2O2.ClH/c1-11-4-5-14(8-12(11)2)19-10-15(18)17(3)13-6-7-16-9-13;/h4-5,8,13,16H,6-7,9-10H2,1-3H3;1H. The van der Waals surface area contributed by atoms with Gasteiger partial charge in [-0.25, -0.2) is 0 Å². The molecule has 1 N–H and O–H groups in total. The molecule has 20 heavy (non-hydrogen) atoms. The van der Waals surface area contributed by atoms with Crippen LogP contribution < -0.4 is 10.1 Å². The SMILES string of the molecule is Cc1ccc(OCC(=O)N(C)C2CCNC2)cc1C.Cl. The number of ether oxygens (including phenoxy) is 1. The van der Waals surface area contributed by atoms with E-state index >= 15 is 0 Å². The fourth-order valence-corrected chi connectivity index (χ4v) is 2.22. The van der Waals surface area contributed by atoms with Crippen LogP contribution in [0.15, 0.2) is 18.2 Å². The van der Waals surface area contributed by atoms with Crippen molar-refractivity contribution in [1.29, 1.82) is 0 Å². The first-order valence-electron chi connectivity index (χ1n) is 6.74. The number of carbonyl (C=O) groups excluding carboxylic acids is 1. The molecule has 5 heteroatoms. The second-order valence-electron chi connectivity index (χ2n) is 5.19. The topological polar surface area (TPSA) is 41.6 Å². The Bertz CT molecular complexity index is 459. The lowest BCUT2D eigenvalue weighted by Gasteiger charge is -2.23. The lowest BCUT2D eigenvalue weighted by atomic mass is 10.1. The average Bonchev–Trinajstić information content (AvgIpc) is 2.93. The number of nitrogens with one attached hydrogen (secondary N) is 1. The summed E-state index contributed by atoms with van der Waals surface area (Å²) >= 11 is 0. The third kappa shape index (κ3) is 4.12. The lowest BCUT2D eigenvalue weighted by molar-refractivity contribution is -0.133. The Hall–Kier alpha value is -1.26. The van der Waals surface area contributed by atoms with Crippen LogP contribution in [0, 0.1) is 13.8 Å². The third-order valence-electron chi connectivity index (χ3n) is 3.82. The van der Waals surface area contributed by atoms with Crippen molar-refractivity contribution in [3.63, 3.8) is 0 Å². The highest BCUT2D eigenvalue weighted by atomic mass is 35.5. The normalized spacial score (nSPS) is 17.4. The van der Waals surface area contributed by atoms with Crippen LogP contribution in [0.3, 0.4) is 0 Å². The summed E-state index contributed by atoms with van der Waals surface area (Å²) in [4.78, 5) is 13.8. The fraction of sp³-hybridized carbons (Fsp3) is 0.533. The Kier molecular flexibility index (Phi) is 6.30. The van der Waals surface area contributed by atoms with Gasteiger partial charge in [0.1, 0.15) is 5.75 Å². The van der Waals surface area contributed by atoms with Gasteiger partial charge in [0.05, 0.1) is 0 Å². The molecule has 1 fully saturated rings. The number of halogens is 1. The van der Waals surface area contributed by atoms with Gasteiger partial charge in [-0.05, 0) is 50.1 Å².